The van der Waals surface area contributed by atoms with E-state index >= 15 is 0 Å². The molecule has 2 heterocycles. The van der Waals surface area contributed by atoms with Gasteiger partial charge in [-0.05, 0) is 39.0 Å². The summed E-state index contributed by atoms with van der Waals surface area (Å²) in [5, 5.41) is 12.0. The molecule has 0 saturated heterocycles. The Morgan fingerprint density at radius 1 is 1.29 bits per heavy atom. The van der Waals surface area contributed by atoms with Gasteiger partial charge in [0.2, 0.25) is 5.95 Å². The van der Waals surface area contributed by atoms with E-state index in [1.807, 2.05) is 6.92 Å². The van der Waals surface area contributed by atoms with Crippen LogP contribution in [0.25, 0.3) is 0 Å². The molecule has 0 radical (unpaired) electrons. The van der Waals surface area contributed by atoms with E-state index in [0.717, 1.165) is 58.5 Å². The second-order valence-electron chi connectivity index (χ2n) is 5.61. The normalized spacial score (nSPS) is 13.5. The number of carbonyl (C=O) groups is 1. The van der Waals surface area contributed by atoms with Gasteiger partial charge in [-0.15, -0.1) is 10.2 Å². The van der Waals surface area contributed by atoms with Crippen LogP contribution in [-0.2, 0) is 12.8 Å². The van der Waals surface area contributed by atoms with Crippen molar-refractivity contribution in [1.29, 1.82) is 0 Å². The zero-order chi connectivity index (χ0) is 16.9. The zero-order valence-electron chi connectivity index (χ0n) is 13.5. The molecule has 1 amide bonds. The van der Waals surface area contributed by atoms with Crippen LogP contribution in [0.5, 0.6) is 0 Å². The quantitative estimate of drug-likeness (QED) is 0.596. The molecule has 0 aliphatic heterocycles. The largest absolute Gasteiger partial charge is 0.368 e. The number of amides is 1. The first-order valence-electron chi connectivity index (χ1n) is 8.00. The molecule has 0 atom stereocenters. The third-order valence-corrected chi connectivity index (χ3v) is 5.81. The SMILES string of the molecule is Cc1nnc(SCCCNC(=O)c2nc(N)nc3c2CCCC3)s1. The van der Waals surface area contributed by atoms with Crippen LogP contribution in [0.3, 0.4) is 0 Å². The number of nitrogens with one attached hydrogen (secondary N) is 1. The van der Waals surface area contributed by atoms with Crippen LogP contribution in [0.15, 0.2) is 4.34 Å². The van der Waals surface area contributed by atoms with E-state index in [0.29, 0.717) is 12.2 Å². The van der Waals surface area contributed by atoms with Crippen LogP contribution in [0, 0.1) is 6.92 Å². The van der Waals surface area contributed by atoms with Crippen LogP contribution >= 0.6 is 23.1 Å². The van der Waals surface area contributed by atoms with E-state index in [2.05, 4.69) is 25.5 Å². The molecule has 1 aliphatic carbocycles. The molecular weight excluding hydrogens is 344 g/mol. The van der Waals surface area contributed by atoms with Crippen LogP contribution < -0.4 is 11.1 Å². The Balaban J connectivity index is 1.51. The molecule has 2 aromatic rings. The van der Waals surface area contributed by atoms with Gasteiger partial charge in [0.05, 0.1) is 0 Å². The smallest absolute Gasteiger partial charge is 0.270 e. The number of anilines is 1. The van der Waals surface area contributed by atoms with Gasteiger partial charge in [-0.3, -0.25) is 4.79 Å². The molecule has 0 unspecified atom stereocenters. The topological polar surface area (TPSA) is 107 Å². The highest BCUT2D eigenvalue weighted by atomic mass is 32.2. The van der Waals surface area contributed by atoms with Crippen LogP contribution in [0.1, 0.15) is 46.0 Å². The fourth-order valence-electron chi connectivity index (χ4n) is 2.66. The van der Waals surface area contributed by atoms with Gasteiger partial charge in [0.15, 0.2) is 4.34 Å². The first-order valence-corrected chi connectivity index (χ1v) is 9.80. The Labute approximate surface area is 148 Å². The molecule has 128 valence electrons. The third-order valence-electron chi connectivity index (χ3n) is 3.76. The van der Waals surface area contributed by atoms with Crippen molar-refractivity contribution >= 4 is 35.0 Å². The van der Waals surface area contributed by atoms with E-state index in [-0.39, 0.29) is 11.9 Å². The Morgan fingerprint density at radius 3 is 2.92 bits per heavy atom. The van der Waals surface area contributed by atoms with E-state index in [4.69, 9.17) is 5.73 Å². The molecule has 3 rings (SSSR count). The Bertz CT molecular complexity index is 733. The van der Waals surface area contributed by atoms with E-state index < -0.39 is 0 Å². The molecule has 3 N–H and O–H groups in total. The minimum atomic E-state index is -0.154. The summed E-state index contributed by atoms with van der Waals surface area (Å²) in [5.74, 6) is 0.917. The number of carbonyl (C=O) groups excluding carboxylic acids is 1. The highest BCUT2D eigenvalue weighted by Gasteiger charge is 2.21. The maximum absolute atomic E-state index is 12.4. The third kappa shape index (κ3) is 4.21. The lowest BCUT2D eigenvalue weighted by Crippen LogP contribution is -2.28. The number of nitrogens with two attached hydrogens (primary N) is 1. The molecule has 9 heteroatoms. The molecule has 7 nitrogen and oxygen atoms in total. The Kier molecular flexibility index (Phi) is 5.62. The van der Waals surface area contributed by atoms with Gasteiger partial charge in [-0.2, -0.15) is 0 Å². The number of aryl methyl sites for hydroxylation is 2. The molecule has 1 aliphatic rings. The second kappa shape index (κ2) is 7.89. The van der Waals surface area contributed by atoms with Crippen molar-refractivity contribution in [3.63, 3.8) is 0 Å². The van der Waals surface area contributed by atoms with Crippen molar-refractivity contribution in [3.05, 3.63) is 22.0 Å². The first kappa shape index (κ1) is 17.1. The molecule has 0 spiro atoms. The second-order valence-corrected chi connectivity index (χ2v) is 8.13. The summed E-state index contributed by atoms with van der Waals surface area (Å²) in [6.45, 7) is 2.54. The summed E-state index contributed by atoms with van der Waals surface area (Å²) in [7, 11) is 0. The maximum Gasteiger partial charge on any atom is 0.270 e. The van der Waals surface area contributed by atoms with Gasteiger partial charge in [0.1, 0.15) is 10.7 Å². The van der Waals surface area contributed by atoms with Crippen molar-refractivity contribution in [1.82, 2.24) is 25.5 Å². The number of hydrogen-bond donors (Lipinski definition) is 2. The number of rotatable bonds is 6. The average Bonchev–Trinajstić information content (AvgIpc) is 2.99. The molecule has 0 fully saturated rings. The number of nitrogens with zero attached hydrogens (tertiary/aromatic N) is 4. The van der Waals surface area contributed by atoms with Crippen LogP contribution in [0.2, 0.25) is 0 Å². The average molecular weight is 365 g/mol. The van der Waals surface area contributed by atoms with E-state index in [1.165, 1.54) is 0 Å². The fraction of sp³-hybridized carbons (Fsp3) is 0.533. The number of thioether (sulfide) groups is 1. The predicted octanol–water partition coefficient (Wildman–Crippen LogP) is 2.01. The van der Waals surface area contributed by atoms with Gasteiger partial charge < -0.3 is 11.1 Å². The Morgan fingerprint density at radius 2 is 2.12 bits per heavy atom. The summed E-state index contributed by atoms with van der Waals surface area (Å²) in [5.41, 5.74) is 8.09. The maximum atomic E-state index is 12.4. The highest BCUT2D eigenvalue weighted by molar-refractivity contribution is 8.01. The van der Waals surface area contributed by atoms with Gasteiger partial charge in [-0.1, -0.05) is 23.1 Å². The van der Waals surface area contributed by atoms with Crippen molar-refractivity contribution in [2.45, 2.75) is 43.4 Å². The van der Waals surface area contributed by atoms with Crippen molar-refractivity contribution in [2.24, 2.45) is 0 Å². The van der Waals surface area contributed by atoms with E-state index in [1.54, 1.807) is 23.1 Å². The fourth-order valence-corrected chi connectivity index (χ4v) is 4.48. The minimum Gasteiger partial charge on any atom is -0.368 e. The minimum absolute atomic E-state index is 0.154. The summed E-state index contributed by atoms with van der Waals surface area (Å²) < 4.78 is 0.969. The zero-order valence-corrected chi connectivity index (χ0v) is 15.2. The monoisotopic (exact) mass is 364 g/mol. The molecule has 2 aromatic heterocycles. The van der Waals surface area contributed by atoms with Gasteiger partial charge in [-0.25, -0.2) is 9.97 Å². The van der Waals surface area contributed by atoms with Crippen molar-refractivity contribution in [2.75, 3.05) is 18.0 Å². The van der Waals surface area contributed by atoms with Gasteiger partial charge >= 0.3 is 0 Å². The Hall–Kier alpha value is -1.74. The van der Waals surface area contributed by atoms with Crippen molar-refractivity contribution < 1.29 is 4.79 Å². The molecular formula is C15H20N6OS2. The van der Waals surface area contributed by atoms with Crippen LogP contribution in [-0.4, -0.2) is 38.4 Å². The number of hydrogen-bond acceptors (Lipinski definition) is 8. The van der Waals surface area contributed by atoms with Crippen molar-refractivity contribution in [3.8, 4) is 0 Å². The lowest BCUT2D eigenvalue weighted by Gasteiger charge is -2.17. The number of aromatic nitrogens is 4. The first-order chi connectivity index (χ1) is 11.6. The van der Waals surface area contributed by atoms with Gasteiger partial charge in [0, 0.05) is 23.6 Å². The summed E-state index contributed by atoms with van der Waals surface area (Å²) in [6, 6.07) is 0. The highest BCUT2D eigenvalue weighted by Crippen LogP contribution is 2.23. The summed E-state index contributed by atoms with van der Waals surface area (Å²) in [4.78, 5) is 20.9. The number of fused-ring (bicyclic) bond motifs is 1. The van der Waals surface area contributed by atoms with Gasteiger partial charge in [0.25, 0.3) is 5.91 Å². The molecule has 24 heavy (non-hydrogen) atoms. The van der Waals surface area contributed by atoms with Crippen LogP contribution in [0.4, 0.5) is 5.95 Å². The summed E-state index contributed by atoms with van der Waals surface area (Å²) in [6.07, 6.45) is 4.74. The molecule has 0 aromatic carbocycles. The summed E-state index contributed by atoms with van der Waals surface area (Å²) >= 11 is 3.25. The lowest BCUT2D eigenvalue weighted by atomic mass is 9.94. The molecule has 0 saturated carbocycles. The molecule has 0 bridgehead atoms. The standard InChI is InChI=1S/C15H20N6OS2/c1-9-20-21-15(24-9)23-8-4-7-17-13(22)12-10-5-2-3-6-11(10)18-14(16)19-12/h2-8H2,1H3,(H,17,22)(H2,16,18,19). The van der Waals surface area contributed by atoms with E-state index in [9.17, 15) is 4.79 Å². The predicted molar refractivity (Wildman–Crippen MR) is 95.4 cm³/mol. The number of nitrogen functional groups attached to an aromatic ring is 1. The lowest BCUT2D eigenvalue weighted by molar-refractivity contribution is 0.0947.